The first kappa shape index (κ1) is 36.3. The molecule has 64 heavy (non-hydrogen) atoms. The Morgan fingerprint density at radius 2 is 0.453 bits per heavy atom. The van der Waals surface area contributed by atoms with Crippen molar-refractivity contribution in [3.8, 4) is 66.8 Å². The summed E-state index contributed by atoms with van der Waals surface area (Å²) >= 11 is 0. The second kappa shape index (κ2) is 14.7. The molecule has 0 aliphatic carbocycles. The third-order valence-corrected chi connectivity index (χ3v) is 13.5. The molecule has 13 rings (SSSR count). The zero-order valence-electron chi connectivity index (χ0n) is 35.1. The van der Waals surface area contributed by atoms with Gasteiger partial charge in [-0.2, -0.15) is 0 Å². The maximum absolute atomic E-state index is 2.47. The first-order chi connectivity index (χ1) is 31.7. The Bertz CT molecular complexity index is 3530. The van der Waals surface area contributed by atoms with Gasteiger partial charge in [-0.15, -0.1) is 0 Å². The lowest BCUT2D eigenvalue weighted by atomic mass is 9.78. The molecule has 0 saturated carbocycles. The summed E-state index contributed by atoms with van der Waals surface area (Å²) in [7, 11) is 0. The molecule has 0 heteroatoms. The monoisotopic (exact) mass is 808 g/mol. The van der Waals surface area contributed by atoms with Crippen LogP contribution < -0.4 is 0 Å². The lowest BCUT2D eigenvalue weighted by Crippen LogP contribution is -1.96. The van der Waals surface area contributed by atoms with Crippen LogP contribution in [0.5, 0.6) is 0 Å². The number of rotatable bonds is 6. The normalized spacial score (nSPS) is 11.8. The quantitative estimate of drug-likeness (QED) is 0.116. The fourth-order valence-corrected chi connectivity index (χ4v) is 10.6. The summed E-state index contributed by atoms with van der Waals surface area (Å²) in [6, 6.07) is 90.3. The summed E-state index contributed by atoms with van der Waals surface area (Å²) in [5.74, 6) is 0. The van der Waals surface area contributed by atoms with Crippen LogP contribution in [-0.2, 0) is 0 Å². The van der Waals surface area contributed by atoms with Crippen molar-refractivity contribution in [2.75, 3.05) is 0 Å². The molecule has 0 aliphatic rings. The van der Waals surface area contributed by atoms with Crippen LogP contribution in [0.3, 0.4) is 0 Å². The van der Waals surface area contributed by atoms with Gasteiger partial charge in [0.05, 0.1) is 0 Å². The van der Waals surface area contributed by atoms with Crippen molar-refractivity contribution in [1.82, 2.24) is 0 Å². The molecule has 0 atom stereocenters. The Morgan fingerprint density at radius 3 is 0.797 bits per heavy atom. The SMILES string of the molecule is c1ccc(-c2cc(-c3ccccc3)cc(-c3c4cc5ccccc5cc4c(-c4cc(-c5ccccc5)cc(-c5ccccc5)c4)c4c5cccc6ccc7cccc(c34)c7c65)c2)cc1. The molecule has 0 bridgehead atoms. The minimum Gasteiger partial charge on any atom is -0.0622 e. The van der Waals surface area contributed by atoms with Crippen LogP contribution in [-0.4, -0.2) is 0 Å². The van der Waals surface area contributed by atoms with E-state index in [9.17, 15) is 0 Å². The molecule has 0 amide bonds. The molecule has 0 heterocycles. The molecule has 0 saturated heterocycles. The Labute approximate surface area is 372 Å². The predicted octanol–water partition coefficient (Wildman–Crippen LogP) is 18.0. The summed E-state index contributed by atoms with van der Waals surface area (Å²) in [5.41, 5.74) is 14.5. The number of benzene rings is 13. The van der Waals surface area contributed by atoms with E-state index in [1.165, 1.54) is 131 Å². The fourth-order valence-electron chi connectivity index (χ4n) is 10.6. The molecule has 0 nitrogen and oxygen atoms in total. The van der Waals surface area contributed by atoms with E-state index >= 15 is 0 Å². The fraction of sp³-hybridized carbons (Fsp3) is 0. The molecular weight excluding hydrogens is 769 g/mol. The van der Waals surface area contributed by atoms with E-state index < -0.39 is 0 Å². The average Bonchev–Trinajstić information content (AvgIpc) is 3.37. The molecule has 13 aromatic rings. The van der Waals surface area contributed by atoms with Gasteiger partial charge in [-0.05, 0) is 180 Å². The predicted molar refractivity (Wildman–Crippen MR) is 275 cm³/mol. The summed E-state index contributed by atoms with van der Waals surface area (Å²) in [5, 5.41) is 15.2. The Hall–Kier alpha value is -8.32. The number of hydrogen-bond donors (Lipinski definition) is 0. The zero-order valence-corrected chi connectivity index (χ0v) is 35.1. The maximum Gasteiger partial charge on any atom is -0.000740 e. The molecule has 0 aromatic heterocycles. The van der Waals surface area contributed by atoms with Gasteiger partial charge in [-0.3, -0.25) is 0 Å². The van der Waals surface area contributed by atoms with Gasteiger partial charge in [-0.1, -0.05) is 194 Å². The zero-order chi connectivity index (χ0) is 42.1. The molecular formula is C64H40. The third-order valence-electron chi connectivity index (χ3n) is 13.5. The highest BCUT2D eigenvalue weighted by Crippen LogP contribution is 2.53. The lowest BCUT2D eigenvalue weighted by molar-refractivity contribution is 1.58. The van der Waals surface area contributed by atoms with E-state index in [2.05, 4.69) is 243 Å². The van der Waals surface area contributed by atoms with Crippen LogP contribution in [0.1, 0.15) is 0 Å². The van der Waals surface area contributed by atoms with E-state index in [1.54, 1.807) is 0 Å². The Morgan fingerprint density at radius 1 is 0.156 bits per heavy atom. The van der Waals surface area contributed by atoms with Crippen LogP contribution >= 0.6 is 0 Å². The van der Waals surface area contributed by atoms with Crippen LogP contribution in [0.15, 0.2) is 243 Å². The second-order valence-corrected chi connectivity index (χ2v) is 17.2. The van der Waals surface area contributed by atoms with Crippen LogP contribution in [0.2, 0.25) is 0 Å². The lowest BCUT2D eigenvalue weighted by Gasteiger charge is -2.24. The van der Waals surface area contributed by atoms with E-state index in [0.29, 0.717) is 0 Å². The third kappa shape index (κ3) is 5.84. The molecule has 296 valence electrons. The Kier molecular flexibility index (Phi) is 8.32. The first-order valence-electron chi connectivity index (χ1n) is 22.2. The summed E-state index contributed by atoms with van der Waals surface area (Å²) < 4.78 is 0. The molecule has 0 spiro atoms. The average molecular weight is 809 g/mol. The topological polar surface area (TPSA) is 0 Å². The maximum atomic E-state index is 2.47. The van der Waals surface area contributed by atoms with Crippen molar-refractivity contribution in [2.45, 2.75) is 0 Å². The van der Waals surface area contributed by atoms with Gasteiger partial charge in [0, 0.05) is 0 Å². The molecule has 0 fully saturated rings. The van der Waals surface area contributed by atoms with Crippen molar-refractivity contribution in [2.24, 2.45) is 0 Å². The van der Waals surface area contributed by atoms with Crippen LogP contribution in [0, 0.1) is 0 Å². The van der Waals surface area contributed by atoms with E-state index in [0.717, 1.165) is 0 Å². The van der Waals surface area contributed by atoms with Gasteiger partial charge in [0.25, 0.3) is 0 Å². The van der Waals surface area contributed by atoms with Crippen molar-refractivity contribution in [1.29, 1.82) is 0 Å². The largest absolute Gasteiger partial charge is 0.0622 e. The van der Waals surface area contributed by atoms with Gasteiger partial charge in [0.2, 0.25) is 0 Å². The highest BCUT2D eigenvalue weighted by atomic mass is 14.3. The van der Waals surface area contributed by atoms with Crippen LogP contribution in [0.25, 0.3) is 131 Å². The second-order valence-electron chi connectivity index (χ2n) is 17.2. The van der Waals surface area contributed by atoms with E-state index in [1.807, 2.05) is 0 Å². The highest BCUT2D eigenvalue weighted by molar-refractivity contribution is 6.41. The minimum absolute atomic E-state index is 1.20. The van der Waals surface area contributed by atoms with E-state index in [4.69, 9.17) is 0 Å². The van der Waals surface area contributed by atoms with Crippen LogP contribution in [0.4, 0.5) is 0 Å². The molecule has 0 aliphatic heterocycles. The molecule has 13 aromatic carbocycles. The summed E-state index contributed by atoms with van der Waals surface area (Å²) in [6.45, 7) is 0. The van der Waals surface area contributed by atoms with Crippen molar-refractivity contribution in [3.63, 3.8) is 0 Å². The summed E-state index contributed by atoms with van der Waals surface area (Å²) in [6.07, 6.45) is 0. The van der Waals surface area contributed by atoms with Crippen molar-refractivity contribution >= 4 is 64.6 Å². The smallest absolute Gasteiger partial charge is 0.000740 e. The Balaban J connectivity index is 1.28. The summed E-state index contributed by atoms with van der Waals surface area (Å²) in [4.78, 5) is 0. The van der Waals surface area contributed by atoms with Gasteiger partial charge in [0.1, 0.15) is 0 Å². The number of fused-ring (bicyclic) bond motifs is 5. The van der Waals surface area contributed by atoms with E-state index in [-0.39, 0.29) is 0 Å². The van der Waals surface area contributed by atoms with Gasteiger partial charge >= 0.3 is 0 Å². The highest BCUT2D eigenvalue weighted by Gasteiger charge is 2.25. The first-order valence-corrected chi connectivity index (χ1v) is 22.2. The van der Waals surface area contributed by atoms with Crippen molar-refractivity contribution < 1.29 is 0 Å². The minimum atomic E-state index is 1.20. The van der Waals surface area contributed by atoms with Gasteiger partial charge in [0.15, 0.2) is 0 Å². The number of hydrogen-bond acceptors (Lipinski definition) is 0. The molecule has 0 unspecified atom stereocenters. The molecule has 0 radical (unpaired) electrons. The van der Waals surface area contributed by atoms with Crippen molar-refractivity contribution in [3.05, 3.63) is 243 Å². The van der Waals surface area contributed by atoms with Gasteiger partial charge in [-0.25, -0.2) is 0 Å². The van der Waals surface area contributed by atoms with Gasteiger partial charge < -0.3 is 0 Å². The standard InChI is InChI=1S/C64H40/c1-5-17-41(18-6-1)49-33-50(42-19-7-2-8-20-42)36-53(35-49)61-57-39-47-25-13-14-26-48(47)40-58(57)62(54-37-51(43-21-9-3-10-22-43)34-52(38-54)44-23-11-4-12-24-44)64-56-30-16-28-46-32-31-45-27-15-29-55(63(61)64)59(45)60(46)56/h1-40H. The molecule has 0 N–H and O–H groups in total.